The summed E-state index contributed by atoms with van der Waals surface area (Å²) in [5.41, 5.74) is 1.67. The van der Waals surface area contributed by atoms with E-state index < -0.39 is 5.91 Å². The Bertz CT molecular complexity index is 966. The number of benzene rings is 1. The predicted molar refractivity (Wildman–Crippen MR) is 83.4 cm³/mol. The molecule has 0 fully saturated rings. The van der Waals surface area contributed by atoms with E-state index in [1.807, 2.05) is 0 Å². The normalized spacial score (nSPS) is 11.7. The van der Waals surface area contributed by atoms with Crippen molar-refractivity contribution in [3.8, 4) is 0 Å². The van der Waals surface area contributed by atoms with Crippen molar-refractivity contribution < 1.29 is 14.4 Å². The number of aromatic nitrogens is 3. The number of carbonyl (C=O) groups is 1. The number of hydrogen-bond donors (Lipinski definition) is 2. The molecular weight excluding hydrogens is 313 g/mol. The van der Waals surface area contributed by atoms with Gasteiger partial charge in [-0.05, 0) is 29.8 Å². The van der Waals surface area contributed by atoms with Gasteiger partial charge in [-0.3, -0.25) is 14.5 Å². The van der Waals surface area contributed by atoms with Crippen molar-refractivity contribution in [2.45, 2.75) is 6.54 Å². The van der Waals surface area contributed by atoms with E-state index in [9.17, 15) is 14.4 Å². The molecule has 0 saturated carbocycles. The molecule has 2 N–H and O–H groups in total. The summed E-state index contributed by atoms with van der Waals surface area (Å²) in [6, 6.07) is 9.25. The van der Waals surface area contributed by atoms with Gasteiger partial charge in [-0.2, -0.15) is 5.10 Å². The molecule has 0 spiro atoms. The lowest BCUT2D eigenvalue weighted by Gasteiger charge is -2.09. The second kappa shape index (κ2) is 6.45. The summed E-state index contributed by atoms with van der Waals surface area (Å²) in [6.45, 7) is 0.190. The molecule has 0 aliphatic rings. The number of hydrogen-bond acceptors (Lipinski definition) is 5. The van der Waals surface area contributed by atoms with E-state index in [1.54, 1.807) is 31.3 Å². The highest BCUT2D eigenvalue weighted by atomic mass is 19.1. The van der Waals surface area contributed by atoms with Crippen molar-refractivity contribution in [1.82, 2.24) is 20.1 Å². The summed E-state index contributed by atoms with van der Waals surface area (Å²) in [6.07, 6.45) is 1.54. The van der Waals surface area contributed by atoms with E-state index in [4.69, 9.17) is 0 Å². The number of carbonyl (C=O) groups excluding carboxylic acids is 1. The van der Waals surface area contributed by atoms with Gasteiger partial charge in [0.25, 0.3) is 5.91 Å². The van der Waals surface area contributed by atoms with Gasteiger partial charge in [0.05, 0.1) is 5.52 Å². The second-order valence-electron chi connectivity index (χ2n) is 5.10. The third-order valence-electron chi connectivity index (χ3n) is 3.52. The highest BCUT2D eigenvalue weighted by Gasteiger charge is 2.16. The lowest BCUT2D eigenvalue weighted by molar-refractivity contribution is 0.0941. The van der Waals surface area contributed by atoms with Crippen LogP contribution in [0.2, 0.25) is 0 Å². The minimum atomic E-state index is -0.518. The first kappa shape index (κ1) is 15.6. The zero-order chi connectivity index (χ0) is 17.1. The highest BCUT2D eigenvalue weighted by Crippen LogP contribution is 2.06. The van der Waals surface area contributed by atoms with Crippen molar-refractivity contribution in [2.24, 2.45) is 12.2 Å². The second-order valence-corrected chi connectivity index (χ2v) is 5.10. The molecule has 1 aromatic carbocycles. The van der Waals surface area contributed by atoms with Crippen LogP contribution in [0.4, 0.5) is 4.39 Å². The lowest BCUT2D eigenvalue weighted by atomic mass is 10.2. The topological polar surface area (TPSA) is 92.4 Å². The molecule has 0 bridgehead atoms. The zero-order valence-electron chi connectivity index (χ0n) is 12.8. The summed E-state index contributed by atoms with van der Waals surface area (Å²) in [4.78, 5) is 16.5. The van der Waals surface area contributed by atoms with Crippen molar-refractivity contribution >= 4 is 16.9 Å². The lowest BCUT2D eigenvalue weighted by Crippen LogP contribution is -2.32. The maximum atomic E-state index is 12.9. The summed E-state index contributed by atoms with van der Waals surface area (Å²) in [7, 11) is 1.67. The summed E-state index contributed by atoms with van der Waals surface area (Å²) in [5, 5.41) is 19.3. The number of aryl methyl sites for hydroxylation is 1. The van der Waals surface area contributed by atoms with Crippen molar-refractivity contribution in [3.63, 3.8) is 0 Å². The van der Waals surface area contributed by atoms with Gasteiger partial charge in [0.15, 0.2) is 11.1 Å². The van der Waals surface area contributed by atoms with Crippen molar-refractivity contribution in [1.29, 1.82) is 0 Å². The van der Waals surface area contributed by atoms with E-state index in [1.165, 1.54) is 23.0 Å². The van der Waals surface area contributed by atoms with Crippen LogP contribution in [0.5, 0.6) is 0 Å². The standard InChI is InChI=1S/C16H14FN5O2/c1-22-12-3-2-8-18-13(12)14(21-24)15(20-22)16(23)19-9-10-4-6-11(17)7-5-10/h2-8,24H,9H2,1H3,(H,19,23)/b21-14-. The molecule has 3 rings (SSSR count). The minimum absolute atomic E-state index is 0.000283. The molecular formula is C16H14FN5O2. The average Bonchev–Trinajstić information content (AvgIpc) is 2.61. The Morgan fingerprint density at radius 1 is 1.33 bits per heavy atom. The predicted octanol–water partition coefficient (Wildman–Crippen LogP) is 1.33. The molecule has 2 heterocycles. The van der Waals surface area contributed by atoms with E-state index >= 15 is 0 Å². The number of amides is 1. The molecule has 7 nitrogen and oxygen atoms in total. The van der Waals surface area contributed by atoms with E-state index in [2.05, 4.69) is 20.6 Å². The van der Waals surface area contributed by atoms with Gasteiger partial charge < -0.3 is 10.5 Å². The quantitative estimate of drug-likeness (QED) is 0.561. The van der Waals surface area contributed by atoms with E-state index in [0.717, 1.165) is 5.56 Å². The Balaban J connectivity index is 1.93. The van der Waals surface area contributed by atoms with E-state index in [0.29, 0.717) is 11.0 Å². The van der Waals surface area contributed by atoms with Gasteiger partial charge >= 0.3 is 0 Å². The van der Waals surface area contributed by atoms with Crippen LogP contribution in [0.1, 0.15) is 16.1 Å². The molecule has 8 heteroatoms. The van der Waals surface area contributed by atoms with Crippen LogP contribution in [0.3, 0.4) is 0 Å². The highest BCUT2D eigenvalue weighted by molar-refractivity contribution is 5.94. The van der Waals surface area contributed by atoms with Crippen molar-refractivity contribution in [2.75, 3.05) is 0 Å². The van der Waals surface area contributed by atoms with Crippen LogP contribution in [-0.4, -0.2) is 25.9 Å². The van der Waals surface area contributed by atoms with E-state index in [-0.39, 0.29) is 23.4 Å². The monoisotopic (exact) mass is 327 g/mol. The van der Waals surface area contributed by atoms with Crippen molar-refractivity contribution in [3.05, 3.63) is 65.0 Å². The maximum Gasteiger partial charge on any atom is 0.274 e. The van der Waals surface area contributed by atoms with Crippen LogP contribution < -0.4 is 10.7 Å². The average molecular weight is 327 g/mol. The molecule has 3 aromatic rings. The Hall–Kier alpha value is -3.29. The Kier molecular flexibility index (Phi) is 4.19. The van der Waals surface area contributed by atoms with Gasteiger partial charge in [-0.15, -0.1) is 0 Å². The van der Waals surface area contributed by atoms with Crippen LogP contribution in [0.25, 0.3) is 11.0 Å². The summed E-state index contributed by atoms with van der Waals surface area (Å²) in [5.74, 6) is -0.865. The van der Waals surface area contributed by atoms with Crippen LogP contribution in [-0.2, 0) is 13.6 Å². The third kappa shape index (κ3) is 2.94. The molecule has 0 radical (unpaired) electrons. The third-order valence-corrected chi connectivity index (χ3v) is 3.52. The van der Waals surface area contributed by atoms with Gasteiger partial charge in [-0.1, -0.05) is 17.3 Å². The summed E-state index contributed by atoms with van der Waals surface area (Å²) < 4.78 is 14.4. The largest absolute Gasteiger partial charge is 0.410 e. The Morgan fingerprint density at radius 2 is 2.08 bits per heavy atom. The number of rotatable bonds is 3. The number of halogens is 1. The van der Waals surface area contributed by atoms with Crippen LogP contribution >= 0.6 is 0 Å². The first-order chi connectivity index (χ1) is 11.6. The van der Waals surface area contributed by atoms with Gasteiger partial charge in [0.1, 0.15) is 11.3 Å². The fourth-order valence-electron chi connectivity index (χ4n) is 2.32. The Morgan fingerprint density at radius 3 is 2.79 bits per heavy atom. The number of pyridine rings is 1. The van der Waals surface area contributed by atoms with Gasteiger partial charge in [-0.25, -0.2) is 4.39 Å². The minimum Gasteiger partial charge on any atom is -0.410 e. The van der Waals surface area contributed by atoms with Crippen LogP contribution in [0.15, 0.2) is 47.8 Å². The van der Waals surface area contributed by atoms with Gasteiger partial charge in [0, 0.05) is 19.8 Å². The molecule has 0 aliphatic carbocycles. The smallest absolute Gasteiger partial charge is 0.274 e. The number of fused-ring (bicyclic) bond motifs is 1. The fourth-order valence-corrected chi connectivity index (χ4v) is 2.32. The molecule has 122 valence electrons. The first-order valence-electron chi connectivity index (χ1n) is 7.13. The number of nitrogens with zero attached hydrogens (tertiary/aromatic N) is 4. The molecule has 0 aliphatic heterocycles. The summed E-state index contributed by atoms with van der Waals surface area (Å²) >= 11 is 0. The molecule has 2 aromatic heterocycles. The maximum absolute atomic E-state index is 12.9. The molecule has 24 heavy (non-hydrogen) atoms. The van der Waals surface area contributed by atoms with Gasteiger partial charge in [0.2, 0.25) is 0 Å². The molecule has 0 atom stereocenters. The fraction of sp³-hybridized carbons (Fsp3) is 0.125. The molecule has 0 saturated heterocycles. The zero-order valence-corrected chi connectivity index (χ0v) is 12.8. The SMILES string of the molecule is Cn1nc(C(=O)NCc2ccc(F)cc2)/c(=N\O)c2ncccc21. The first-order valence-corrected chi connectivity index (χ1v) is 7.13. The molecule has 1 amide bonds. The number of nitrogens with one attached hydrogen (secondary N) is 1. The van der Waals surface area contributed by atoms with Crippen LogP contribution in [0, 0.1) is 5.82 Å². The Labute approximate surface area is 136 Å². The molecule has 0 unspecified atom stereocenters.